The number of benzene rings is 3. The van der Waals surface area contributed by atoms with Crippen LogP contribution in [0.5, 0.6) is 5.75 Å². The number of hydrogen-bond donors (Lipinski definition) is 1. The van der Waals surface area contributed by atoms with E-state index >= 15 is 0 Å². The second kappa shape index (κ2) is 9.58. The molecule has 150 valence electrons. The predicted molar refractivity (Wildman–Crippen MR) is 120 cm³/mol. The molecule has 0 saturated heterocycles. The summed E-state index contributed by atoms with van der Waals surface area (Å²) in [5.74, 6) is 0.303. The van der Waals surface area contributed by atoms with Crippen LogP contribution in [0.1, 0.15) is 27.8 Å². The maximum Gasteiger partial charge on any atom is 0.266 e. The second-order valence-electron chi connectivity index (χ2n) is 7.29. The zero-order valence-electron chi connectivity index (χ0n) is 17.4. The normalized spacial score (nSPS) is 10.9. The van der Waals surface area contributed by atoms with Crippen molar-refractivity contribution >= 4 is 17.7 Å². The van der Waals surface area contributed by atoms with Gasteiger partial charge in [0, 0.05) is 5.69 Å². The smallest absolute Gasteiger partial charge is 0.266 e. The van der Waals surface area contributed by atoms with Crippen LogP contribution in [-0.4, -0.2) is 5.91 Å². The molecule has 30 heavy (non-hydrogen) atoms. The van der Waals surface area contributed by atoms with Gasteiger partial charge in [-0.25, -0.2) is 0 Å². The van der Waals surface area contributed by atoms with Gasteiger partial charge >= 0.3 is 0 Å². The van der Waals surface area contributed by atoms with Crippen molar-refractivity contribution in [1.29, 1.82) is 5.26 Å². The molecule has 0 bridgehead atoms. The number of hydrogen-bond acceptors (Lipinski definition) is 3. The molecule has 1 amide bonds. The Labute approximate surface area is 177 Å². The molecule has 1 N–H and O–H groups in total. The third-order valence-electron chi connectivity index (χ3n) is 4.72. The molecule has 0 atom stereocenters. The van der Waals surface area contributed by atoms with Crippen molar-refractivity contribution in [1.82, 2.24) is 0 Å². The zero-order valence-corrected chi connectivity index (χ0v) is 17.4. The van der Waals surface area contributed by atoms with Crippen LogP contribution >= 0.6 is 0 Å². The predicted octanol–water partition coefficient (Wildman–Crippen LogP) is 5.74. The number of carbonyl (C=O) groups is 1. The summed E-state index contributed by atoms with van der Waals surface area (Å²) in [7, 11) is 0. The Bertz CT molecular complexity index is 1110. The maximum atomic E-state index is 12.5. The Morgan fingerprint density at radius 2 is 1.63 bits per heavy atom. The molecule has 3 rings (SSSR count). The van der Waals surface area contributed by atoms with Crippen LogP contribution < -0.4 is 10.1 Å². The Kier molecular flexibility index (Phi) is 6.67. The molecule has 0 aliphatic carbocycles. The van der Waals surface area contributed by atoms with E-state index in [0.717, 1.165) is 28.0 Å². The minimum atomic E-state index is -0.425. The van der Waals surface area contributed by atoms with Gasteiger partial charge in [0.2, 0.25) is 0 Å². The van der Waals surface area contributed by atoms with Crippen LogP contribution in [0, 0.1) is 32.1 Å². The van der Waals surface area contributed by atoms with Crippen molar-refractivity contribution in [2.75, 3.05) is 5.32 Å². The van der Waals surface area contributed by atoms with Gasteiger partial charge in [-0.05, 0) is 67.3 Å². The molecule has 4 nitrogen and oxygen atoms in total. The second-order valence-corrected chi connectivity index (χ2v) is 7.29. The minimum absolute atomic E-state index is 0.0456. The average Bonchev–Trinajstić information content (AvgIpc) is 2.75. The fourth-order valence-corrected chi connectivity index (χ4v) is 2.89. The molecule has 0 saturated carbocycles. The van der Waals surface area contributed by atoms with E-state index in [9.17, 15) is 10.1 Å². The van der Waals surface area contributed by atoms with E-state index in [2.05, 4.69) is 24.4 Å². The molecule has 0 unspecified atom stereocenters. The van der Waals surface area contributed by atoms with Crippen molar-refractivity contribution in [3.8, 4) is 11.8 Å². The first kappa shape index (κ1) is 20.9. The quantitative estimate of drug-likeness (QED) is 0.427. The van der Waals surface area contributed by atoms with Crippen LogP contribution in [0.4, 0.5) is 5.69 Å². The summed E-state index contributed by atoms with van der Waals surface area (Å²) in [6, 6.07) is 23.3. The van der Waals surface area contributed by atoms with Crippen LogP contribution in [0.3, 0.4) is 0 Å². The third kappa shape index (κ3) is 5.59. The van der Waals surface area contributed by atoms with Gasteiger partial charge in [0.1, 0.15) is 24.0 Å². The van der Waals surface area contributed by atoms with Crippen molar-refractivity contribution in [2.24, 2.45) is 0 Å². The van der Waals surface area contributed by atoms with Gasteiger partial charge in [-0.2, -0.15) is 5.26 Å². The summed E-state index contributed by atoms with van der Waals surface area (Å²) in [6.07, 6.45) is 1.57. The van der Waals surface area contributed by atoms with Gasteiger partial charge in [-0.15, -0.1) is 0 Å². The van der Waals surface area contributed by atoms with Gasteiger partial charge in [-0.1, -0.05) is 54.1 Å². The Balaban J connectivity index is 1.66. The van der Waals surface area contributed by atoms with E-state index in [-0.39, 0.29) is 5.57 Å². The summed E-state index contributed by atoms with van der Waals surface area (Å²) in [5.41, 5.74) is 5.81. The van der Waals surface area contributed by atoms with E-state index in [0.29, 0.717) is 12.3 Å². The first-order valence-electron chi connectivity index (χ1n) is 9.73. The largest absolute Gasteiger partial charge is 0.489 e. The first-order valence-corrected chi connectivity index (χ1v) is 9.73. The third-order valence-corrected chi connectivity index (χ3v) is 4.72. The molecule has 0 radical (unpaired) electrons. The summed E-state index contributed by atoms with van der Waals surface area (Å²) >= 11 is 0. The lowest BCUT2D eigenvalue weighted by Gasteiger charge is -2.09. The van der Waals surface area contributed by atoms with Gasteiger partial charge < -0.3 is 10.1 Å². The number of ether oxygens (including phenoxy) is 1. The Hall–Kier alpha value is -3.84. The van der Waals surface area contributed by atoms with Crippen molar-refractivity contribution in [3.63, 3.8) is 0 Å². The summed E-state index contributed by atoms with van der Waals surface area (Å²) in [5, 5.41) is 12.3. The number of carbonyl (C=O) groups excluding carboxylic acids is 1. The molecule has 0 spiro atoms. The highest BCUT2D eigenvalue weighted by Gasteiger charge is 2.11. The van der Waals surface area contributed by atoms with Gasteiger partial charge in [-0.3, -0.25) is 4.79 Å². The highest BCUT2D eigenvalue weighted by atomic mass is 16.5. The molecule has 3 aromatic carbocycles. The monoisotopic (exact) mass is 396 g/mol. The maximum absolute atomic E-state index is 12.5. The molecular weight excluding hydrogens is 372 g/mol. The van der Waals surface area contributed by atoms with Crippen LogP contribution in [0.15, 0.2) is 72.3 Å². The van der Waals surface area contributed by atoms with Crippen molar-refractivity contribution in [3.05, 3.63) is 100 Å². The number of nitrogens with zero attached hydrogens (tertiary/aromatic N) is 1. The molecule has 0 fully saturated rings. The number of rotatable bonds is 6. The lowest BCUT2D eigenvalue weighted by Crippen LogP contribution is -2.14. The lowest BCUT2D eigenvalue weighted by molar-refractivity contribution is -0.112. The first-order chi connectivity index (χ1) is 14.4. The lowest BCUT2D eigenvalue weighted by atomic mass is 10.1. The van der Waals surface area contributed by atoms with Gasteiger partial charge in [0.05, 0.1) is 0 Å². The van der Waals surface area contributed by atoms with E-state index in [1.165, 1.54) is 5.56 Å². The SMILES string of the molecule is Cc1ccc(COc2ccc(C=C(C#N)C(=O)Nc3cc(C)ccc3C)cc2)cc1. The van der Waals surface area contributed by atoms with Crippen LogP contribution in [0.25, 0.3) is 6.08 Å². The fourth-order valence-electron chi connectivity index (χ4n) is 2.89. The number of anilines is 1. The van der Waals surface area contributed by atoms with Crippen molar-refractivity contribution < 1.29 is 9.53 Å². The molecule has 0 aromatic heterocycles. The zero-order chi connectivity index (χ0) is 21.5. The topological polar surface area (TPSA) is 62.1 Å². The van der Waals surface area contributed by atoms with E-state index in [1.807, 2.05) is 74.5 Å². The van der Waals surface area contributed by atoms with E-state index < -0.39 is 5.91 Å². The van der Waals surface area contributed by atoms with Crippen LogP contribution in [-0.2, 0) is 11.4 Å². The number of amides is 1. The molecular formula is C26H24N2O2. The summed E-state index contributed by atoms with van der Waals surface area (Å²) in [6.45, 7) is 6.41. The Morgan fingerprint density at radius 1 is 0.967 bits per heavy atom. The molecule has 0 aliphatic rings. The van der Waals surface area contributed by atoms with E-state index in [4.69, 9.17) is 4.74 Å². The minimum Gasteiger partial charge on any atom is -0.489 e. The fraction of sp³-hybridized carbons (Fsp3) is 0.154. The molecule has 3 aromatic rings. The van der Waals surface area contributed by atoms with E-state index in [1.54, 1.807) is 6.08 Å². The highest BCUT2D eigenvalue weighted by molar-refractivity contribution is 6.10. The van der Waals surface area contributed by atoms with Gasteiger partial charge in [0.15, 0.2) is 0 Å². The Morgan fingerprint density at radius 3 is 2.30 bits per heavy atom. The summed E-state index contributed by atoms with van der Waals surface area (Å²) < 4.78 is 5.80. The number of nitrogens with one attached hydrogen (secondary N) is 1. The number of aryl methyl sites for hydroxylation is 3. The standard InChI is InChI=1S/C26H24N2O2/c1-18-5-8-22(9-6-18)17-30-24-12-10-21(11-13-24)15-23(16-27)26(29)28-25-14-19(2)4-7-20(25)3/h4-15H,17H2,1-3H3,(H,28,29). The highest BCUT2D eigenvalue weighted by Crippen LogP contribution is 2.19. The molecule has 4 heteroatoms. The van der Waals surface area contributed by atoms with Crippen LogP contribution in [0.2, 0.25) is 0 Å². The molecule has 0 heterocycles. The summed E-state index contributed by atoms with van der Waals surface area (Å²) in [4.78, 5) is 12.5. The molecule has 0 aliphatic heterocycles. The average molecular weight is 396 g/mol. The van der Waals surface area contributed by atoms with Gasteiger partial charge in [0.25, 0.3) is 5.91 Å². The number of nitriles is 1. The van der Waals surface area contributed by atoms with Crippen molar-refractivity contribution in [2.45, 2.75) is 27.4 Å².